The molecule has 4 rings (SSSR count). The summed E-state index contributed by atoms with van der Waals surface area (Å²) in [6, 6.07) is 16.7. The summed E-state index contributed by atoms with van der Waals surface area (Å²) in [5.74, 6) is -0.540. The second kappa shape index (κ2) is 11.6. The Morgan fingerprint density at radius 2 is 1.81 bits per heavy atom. The van der Waals surface area contributed by atoms with Crippen LogP contribution in [0.2, 0.25) is 0 Å². The van der Waals surface area contributed by atoms with Crippen molar-refractivity contribution in [3.63, 3.8) is 0 Å². The quantitative estimate of drug-likeness (QED) is 0.470. The highest BCUT2D eigenvalue weighted by molar-refractivity contribution is 6.04. The summed E-state index contributed by atoms with van der Waals surface area (Å²) in [6.45, 7) is 1.64. The van der Waals surface area contributed by atoms with E-state index >= 15 is 0 Å². The lowest BCUT2D eigenvalue weighted by molar-refractivity contribution is -0.126. The first-order chi connectivity index (χ1) is 17.5. The number of aryl methyl sites for hydroxylation is 1. The molecular weight excluding hydrogens is 458 g/mol. The Balaban J connectivity index is 1.70. The predicted molar refractivity (Wildman–Crippen MR) is 136 cm³/mol. The molecule has 8 nitrogen and oxygen atoms in total. The summed E-state index contributed by atoms with van der Waals surface area (Å²) < 4.78 is 10.5. The van der Waals surface area contributed by atoms with E-state index in [4.69, 9.17) is 9.15 Å². The number of hydrogen-bond donors (Lipinski definition) is 2. The summed E-state index contributed by atoms with van der Waals surface area (Å²) in [5.41, 5.74) is 2.17. The minimum absolute atomic E-state index is 0.0687. The molecule has 0 saturated heterocycles. The number of carbonyl (C=O) groups is 3. The highest BCUT2D eigenvalue weighted by Gasteiger charge is 2.34. The van der Waals surface area contributed by atoms with Gasteiger partial charge >= 0.3 is 0 Å². The Labute approximate surface area is 210 Å². The van der Waals surface area contributed by atoms with Crippen molar-refractivity contribution in [3.8, 4) is 5.75 Å². The average molecular weight is 490 g/mol. The zero-order chi connectivity index (χ0) is 25.5. The first-order valence-corrected chi connectivity index (χ1v) is 12.1. The van der Waals surface area contributed by atoms with Crippen molar-refractivity contribution >= 4 is 23.4 Å². The number of hydrogen-bond acceptors (Lipinski definition) is 5. The molecule has 2 aromatic carbocycles. The van der Waals surface area contributed by atoms with E-state index in [1.54, 1.807) is 49.6 Å². The third kappa shape index (κ3) is 5.94. The Morgan fingerprint density at radius 3 is 2.47 bits per heavy atom. The number of carbonyl (C=O) groups excluding carboxylic acids is 3. The van der Waals surface area contributed by atoms with Gasteiger partial charge in [0, 0.05) is 11.7 Å². The van der Waals surface area contributed by atoms with Crippen molar-refractivity contribution < 1.29 is 23.5 Å². The van der Waals surface area contributed by atoms with Gasteiger partial charge in [0.1, 0.15) is 11.8 Å². The number of furan rings is 1. The van der Waals surface area contributed by atoms with Crippen molar-refractivity contribution in [1.82, 2.24) is 10.6 Å². The molecule has 0 bridgehead atoms. The van der Waals surface area contributed by atoms with Crippen LogP contribution in [0, 0.1) is 6.92 Å². The maximum atomic E-state index is 13.8. The third-order valence-corrected chi connectivity index (χ3v) is 6.34. The largest absolute Gasteiger partial charge is 0.497 e. The van der Waals surface area contributed by atoms with Gasteiger partial charge in [-0.15, -0.1) is 0 Å². The molecule has 3 aromatic rings. The average Bonchev–Trinajstić information content (AvgIpc) is 3.61. The fraction of sp³-hybridized carbons (Fsp3) is 0.321. The van der Waals surface area contributed by atoms with E-state index in [1.807, 2.05) is 19.1 Å². The Kier molecular flexibility index (Phi) is 8.05. The number of ether oxygens (including phenoxy) is 1. The molecule has 1 aliphatic carbocycles. The van der Waals surface area contributed by atoms with Gasteiger partial charge in [-0.05, 0) is 61.7 Å². The smallest absolute Gasteiger partial charge is 0.287 e. The van der Waals surface area contributed by atoms with Crippen molar-refractivity contribution in [2.75, 3.05) is 18.6 Å². The fourth-order valence-corrected chi connectivity index (χ4v) is 4.46. The maximum Gasteiger partial charge on any atom is 0.287 e. The highest BCUT2D eigenvalue weighted by Crippen LogP contribution is 2.31. The van der Waals surface area contributed by atoms with Crippen LogP contribution >= 0.6 is 0 Å². The summed E-state index contributed by atoms with van der Waals surface area (Å²) in [7, 11) is 1.56. The minimum Gasteiger partial charge on any atom is -0.497 e. The summed E-state index contributed by atoms with van der Waals surface area (Å²) in [6.07, 6.45) is 5.34. The van der Waals surface area contributed by atoms with E-state index in [2.05, 4.69) is 10.6 Å². The van der Waals surface area contributed by atoms with Gasteiger partial charge in [0.05, 0.1) is 19.9 Å². The van der Waals surface area contributed by atoms with Crippen LogP contribution in [0.3, 0.4) is 0 Å². The van der Waals surface area contributed by atoms with Crippen LogP contribution in [-0.4, -0.2) is 37.4 Å². The number of benzene rings is 2. The van der Waals surface area contributed by atoms with Gasteiger partial charge in [-0.3, -0.25) is 19.3 Å². The third-order valence-electron chi connectivity index (χ3n) is 6.34. The Hall–Kier alpha value is -4.07. The van der Waals surface area contributed by atoms with Gasteiger partial charge < -0.3 is 19.8 Å². The fourth-order valence-electron chi connectivity index (χ4n) is 4.46. The van der Waals surface area contributed by atoms with Crippen molar-refractivity contribution in [1.29, 1.82) is 0 Å². The van der Waals surface area contributed by atoms with E-state index in [1.165, 1.54) is 17.2 Å². The van der Waals surface area contributed by atoms with Gasteiger partial charge in [0.2, 0.25) is 11.8 Å². The standard InChI is InChI=1S/C28H31N3O5/c1-19-12-14-22(15-13-19)31(25(32)18-29-27(33)24-11-6-16-36-24)26(20-7-5-10-23(17-20)35-2)28(34)30-21-8-3-4-9-21/h5-7,10-17,21,26H,3-4,8-9,18H2,1-2H3,(H,29,33)(H,30,34)/t26-/m1/s1. The molecule has 36 heavy (non-hydrogen) atoms. The van der Waals surface area contributed by atoms with Crippen molar-refractivity contribution in [2.45, 2.75) is 44.7 Å². The first kappa shape index (κ1) is 25.0. The lowest BCUT2D eigenvalue weighted by Gasteiger charge is -2.32. The van der Waals surface area contributed by atoms with Gasteiger partial charge in [-0.1, -0.05) is 42.7 Å². The molecule has 0 unspecified atom stereocenters. The van der Waals surface area contributed by atoms with Gasteiger partial charge in [-0.25, -0.2) is 0 Å². The Bertz CT molecular complexity index is 1180. The van der Waals surface area contributed by atoms with Gasteiger partial charge in [-0.2, -0.15) is 0 Å². The van der Waals surface area contributed by atoms with Crippen LogP contribution in [0.4, 0.5) is 5.69 Å². The minimum atomic E-state index is -0.962. The number of nitrogens with zero attached hydrogens (tertiary/aromatic N) is 1. The molecule has 1 aromatic heterocycles. The predicted octanol–water partition coefficient (Wildman–Crippen LogP) is 4.16. The van der Waals surface area contributed by atoms with Crippen molar-refractivity contribution in [3.05, 3.63) is 83.8 Å². The SMILES string of the molecule is COc1cccc([C@H](C(=O)NC2CCCC2)N(C(=O)CNC(=O)c2ccco2)c2ccc(C)cc2)c1. The van der Waals surface area contributed by atoms with Crippen LogP contribution in [-0.2, 0) is 9.59 Å². The lowest BCUT2D eigenvalue weighted by atomic mass is 10.0. The molecule has 1 aliphatic rings. The highest BCUT2D eigenvalue weighted by atomic mass is 16.5. The summed E-state index contributed by atoms with van der Waals surface area (Å²) in [5, 5.41) is 5.75. The molecule has 0 spiro atoms. The molecule has 3 amide bonds. The van der Waals surface area contributed by atoms with Crippen LogP contribution in [0.15, 0.2) is 71.3 Å². The molecule has 2 N–H and O–H groups in total. The summed E-state index contributed by atoms with van der Waals surface area (Å²) in [4.78, 5) is 41.3. The maximum absolute atomic E-state index is 13.8. The molecule has 188 valence electrons. The van der Waals surface area contributed by atoms with E-state index in [9.17, 15) is 14.4 Å². The molecule has 1 saturated carbocycles. The normalized spacial score (nSPS) is 14.2. The van der Waals surface area contributed by atoms with E-state index in [0.29, 0.717) is 17.0 Å². The molecule has 1 fully saturated rings. The monoisotopic (exact) mass is 489 g/mol. The van der Waals surface area contributed by atoms with Crippen LogP contribution in [0.25, 0.3) is 0 Å². The Morgan fingerprint density at radius 1 is 1.06 bits per heavy atom. The molecule has 1 atom stereocenters. The number of rotatable bonds is 9. The second-order valence-corrected chi connectivity index (χ2v) is 8.93. The molecule has 8 heteroatoms. The second-order valence-electron chi connectivity index (χ2n) is 8.93. The zero-order valence-electron chi connectivity index (χ0n) is 20.5. The van der Waals surface area contributed by atoms with E-state index < -0.39 is 17.9 Å². The number of amides is 3. The van der Waals surface area contributed by atoms with E-state index in [0.717, 1.165) is 31.2 Å². The van der Waals surface area contributed by atoms with E-state index in [-0.39, 0.29) is 24.3 Å². The number of methoxy groups -OCH3 is 1. The first-order valence-electron chi connectivity index (χ1n) is 12.1. The van der Waals surface area contributed by atoms with Gasteiger partial charge in [0.25, 0.3) is 5.91 Å². The molecular formula is C28H31N3O5. The van der Waals surface area contributed by atoms with Crippen molar-refractivity contribution in [2.24, 2.45) is 0 Å². The molecule has 1 heterocycles. The van der Waals surface area contributed by atoms with Gasteiger partial charge in [0.15, 0.2) is 5.76 Å². The van der Waals surface area contributed by atoms with Crippen LogP contribution in [0.1, 0.15) is 53.4 Å². The topological polar surface area (TPSA) is 101 Å². The number of anilines is 1. The van der Waals surface area contributed by atoms with Crippen LogP contribution in [0.5, 0.6) is 5.75 Å². The summed E-state index contributed by atoms with van der Waals surface area (Å²) >= 11 is 0. The number of nitrogens with one attached hydrogen (secondary N) is 2. The lowest BCUT2D eigenvalue weighted by Crippen LogP contribution is -2.49. The molecule has 0 aliphatic heterocycles. The molecule has 0 radical (unpaired) electrons. The zero-order valence-corrected chi connectivity index (χ0v) is 20.5. The van der Waals surface area contributed by atoms with Crippen LogP contribution < -0.4 is 20.3 Å².